The van der Waals surface area contributed by atoms with Crippen LogP contribution in [0.4, 0.5) is 0 Å². The summed E-state index contributed by atoms with van der Waals surface area (Å²) in [6, 6.07) is 21.3. The minimum atomic E-state index is -0.214. The number of hydrogen-bond acceptors (Lipinski definition) is 6. The molecule has 0 spiro atoms. The second kappa shape index (κ2) is 9.61. The zero-order chi connectivity index (χ0) is 23.5. The highest BCUT2D eigenvalue weighted by Crippen LogP contribution is 2.36. The number of methoxy groups -OCH3 is 1. The highest BCUT2D eigenvalue weighted by atomic mass is 16.5. The monoisotopic (exact) mass is 457 g/mol. The lowest BCUT2D eigenvalue weighted by atomic mass is 10.1. The number of aryl methyl sites for hydroxylation is 2. The molecule has 0 saturated heterocycles. The average molecular weight is 458 g/mol. The minimum absolute atomic E-state index is 0.161. The summed E-state index contributed by atoms with van der Waals surface area (Å²) in [6.45, 7) is 3.82. The summed E-state index contributed by atoms with van der Waals surface area (Å²) in [4.78, 5) is 15.6. The molecule has 0 N–H and O–H groups in total. The van der Waals surface area contributed by atoms with Crippen molar-refractivity contribution in [3.63, 3.8) is 0 Å². The van der Waals surface area contributed by atoms with Crippen LogP contribution in [0, 0.1) is 6.92 Å². The lowest BCUT2D eigenvalue weighted by Crippen LogP contribution is -2.33. The van der Waals surface area contributed by atoms with Gasteiger partial charge in [0.1, 0.15) is 23.8 Å². The summed E-state index contributed by atoms with van der Waals surface area (Å²) in [5, 5.41) is 0.476. The standard InChI is InChI=1S/C28H27NO5/c1-19-27(34-25-13-7-6-12-24(25)31-2)26(30)21-14-15-23-22(28(21)33-19)17-29(18-32-23)16-8-11-20-9-4-3-5-10-20/h3-7,9-10,12-15H,8,11,16-18H2,1-2H3. The molecule has 3 aromatic carbocycles. The van der Waals surface area contributed by atoms with Crippen LogP contribution in [0.3, 0.4) is 0 Å². The van der Waals surface area contributed by atoms with E-state index in [4.69, 9.17) is 18.6 Å². The quantitative estimate of drug-likeness (QED) is 0.355. The highest BCUT2D eigenvalue weighted by molar-refractivity contribution is 5.83. The molecule has 2 heterocycles. The predicted molar refractivity (Wildman–Crippen MR) is 131 cm³/mol. The Morgan fingerprint density at radius 2 is 1.74 bits per heavy atom. The highest BCUT2D eigenvalue weighted by Gasteiger charge is 2.24. The smallest absolute Gasteiger partial charge is 0.235 e. The van der Waals surface area contributed by atoms with Gasteiger partial charge >= 0.3 is 0 Å². The van der Waals surface area contributed by atoms with Crippen molar-refractivity contribution in [1.82, 2.24) is 4.90 Å². The summed E-state index contributed by atoms with van der Waals surface area (Å²) in [5.41, 5.74) is 2.57. The fourth-order valence-corrected chi connectivity index (χ4v) is 4.33. The van der Waals surface area contributed by atoms with Crippen molar-refractivity contribution in [2.75, 3.05) is 20.4 Å². The normalized spacial score (nSPS) is 13.4. The summed E-state index contributed by atoms with van der Waals surface area (Å²) >= 11 is 0. The van der Waals surface area contributed by atoms with Gasteiger partial charge in [-0.15, -0.1) is 0 Å². The first-order chi connectivity index (χ1) is 16.6. The van der Waals surface area contributed by atoms with E-state index in [0.717, 1.165) is 30.7 Å². The van der Waals surface area contributed by atoms with Crippen LogP contribution in [0.5, 0.6) is 23.0 Å². The van der Waals surface area contributed by atoms with Gasteiger partial charge in [-0.3, -0.25) is 9.69 Å². The maximum Gasteiger partial charge on any atom is 0.235 e. The summed E-state index contributed by atoms with van der Waals surface area (Å²) in [7, 11) is 1.57. The maximum absolute atomic E-state index is 13.4. The molecule has 1 aliphatic rings. The predicted octanol–water partition coefficient (Wildman–Crippen LogP) is 5.69. The summed E-state index contributed by atoms with van der Waals surface area (Å²) in [6.07, 6.45) is 2.03. The Morgan fingerprint density at radius 3 is 2.53 bits per heavy atom. The Morgan fingerprint density at radius 1 is 0.971 bits per heavy atom. The molecule has 6 heteroatoms. The van der Waals surface area contributed by atoms with E-state index in [-0.39, 0.29) is 11.2 Å². The van der Waals surface area contributed by atoms with E-state index < -0.39 is 0 Å². The zero-order valence-electron chi connectivity index (χ0n) is 19.4. The molecule has 0 bridgehead atoms. The molecular weight excluding hydrogens is 430 g/mol. The Labute approximate surface area is 198 Å². The van der Waals surface area contributed by atoms with Crippen molar-refractivity contribution >= 4 is 11.0 Å². The van der Waals surface area contributed by atoms with Crippen molar-refractivity contribution in [3.05, 3.63) is 93.8 Å². The molecular formula is C28H27NO5. The number of nitrogens with zero attached hydrogens (tertiary/aromatic N) is 1. The third kappa shape index (κ3) is 4.37. The molecule has 174 valence electrons. The van der Waals surface area contributed by atoms with Crippen molar-refractivity contribution < 1.29 is 18.6 Å². The Balaban J connectivity index is 1.40. The molecule has 0 atom stereocenters. The van der Waals surface area contributed by atoms with Crippen molar-refractivity contribution in [2.24, 2.45) is 0 Å². The molecule has 5 rings (SSSR count). The zero-order valence-corrected chi connectivity index (χ0v) is 19.4. The number of benzene rings is 3. The van der Waals surface area contributed by atoms with E-state index in [1.807, 2.05) is 24.3 Å². The fourth-order valence-electron chi connectivity index (χ4n) is 4.33. The number of rotatable bonds is 7. The van der Waals surface area contributed by atoms with E-state index in [1.165, 1.54) is 5.56 Å². The molecule has 0 radical (unpaired) electrons. The van der Waals surface area contributed by atoms with Crippen LogP contribution in [0.15, 0.2) is 75.9 Å². The second-order valence-corrected chi connectivity index (χ2v) is 8.40. The van der Waals surface area contributed by atoms with Gasteiger partial charge in [-0.1, -0.05) is 42.5 Å². The van der Waals surface area contributed by atoms with Crippen LogP contribution in [0.25, 0.3) is 11.0 Å². The van der Waals surface area contributed by atoms with Gasteiger partial charge < -0.3 is 18.6 Å². The van der Waals surface area contributed by atoms with Crippen LogP contribution in [0.2, 0.25) is 0 Å². The van der Waals surface area contributed by atoms with Gasteiger partial charge in [-0.05, 0) is 49.6 Å². The van der Waals surface area contributed by atoms with E-state index in [2.05, 4.69) is 29.2 Å². The molecule has 34 heavy (non-hydrogen) atoms. The van der Waals surface area contributed by atoms with E-state index in [0.29, 0.717) is 41.5 Å². The number of ether oxygens (including phenoxy) is 3. The van der Waals surface area contributed by atoms with Crippen LogP contribution >= 0.6 is 0 Å². The van der Waals surface area contributed by atoms with Gasteiger partial charge in [0, 0.05) is 13.1 Å². The maximum atomic E-state index is 13.4. The van der Waals surface area contributed by atoms with Crippen LogP contribution in [-0.4, -0.2) is 25.3 Å². The van der Waals surface area contributed by atoms with Gasteiger partial charge in [-0.25, -0.2) is 0 Å². The summed E-state index contributed by atoms with van der Waals surface area (Å²) < 4.78 is 23.5. The fraction of sp³-hybridized carbons (Fsp3) is 0.250. The molecule has 1 aliphatic heterocycles. The average Bonchev–Trinajstić information content (AvgIpc) is 2.87. The first kappa shape index (κ1) is 22.0. The van der Waals surface area contributed by atoms with Crippen molar-refractivity contribution in [1.29, 1.82) is 0 Å². The lowest BCUT2D eigenvalue weighted by molar-refractivity contribution is 0.0946. The Hall–Kier alpha value is -3.77. The number of fused-ring (bicyclic) bond motifs is 3. The van der Waals surface area contributed by atoms with Crippen molar-refractivity contribution in [2.45, 2.75) is 26.3 Å². The molecule has 0 saturated carbocycles. The molecule has 0 amide bonds. The number of hydrogen-bond donors (Lipinski definition) is 0. The first-order valence-corrected chi connectivity index (χ1v) is 11.4. The van der Waals surface area contributed by atoms with E-state index >= 15 is 0 Å². The molecule has 1 aromatic heterocycles. The SMILES string of the molecule is COc1ccccc1Oc1c(C)oc2c3c(ccc2c1=O)OCN(CCCc1ccccc1)C3. The molecule has 0 unspecified atom stereocenters. The first-order valence-electron chi connectivity index (χ1n) is 11.4. The van der Waals surface area contributed by atoms with Gasteiger partial charge in [-0.2, -0.15) is 0 Å². The lowest BCUT2D eigenvalue weighted by Gasteiger charge is -2.29. The van der Waals surface area contributed by atoms with Crippen LogP contribution < -0.4 is 19.6 Å². The molecule has 0 aliphatic carbocycles. The number of para-hydroxylation sites is 2. The van der Waals surface area contributed by atoms with E-state index in [9.17, 15) is 4.79 Å². The molecule has 0 fully saturated rings. The van der Waals surface area contributed by atoms with Gasteiger partial charge in [0.2, 0.25) is 11.2 Å². The van der Waals surface area contributed by atoms with Gasteiger partial charge in [0.05, 0.1) is 18.1 Å². The largest absolute Gasteiger partial charge is 0.493 e. The van der Waals surface area contributed by atoms with Crippen molar-refractivity contribution in [3.8, 4) is 23.0 Å². The van der Waals surface area contributed by atoms with Gasteiger partial charge in [0.25, 0.3) is 0 Å². The Bertz CT molecular complexity index is 1360. The molecule has 6 nitrogen and oxygen atoms in total. The third-order valence-corrected chi connectivity index (χ3v) is 6.09. The van der Waals surface area contributed by atoms with E-state index in [1.54, 1.807) is 32.2 Å². The third-order valence-electron chi connectivity index (χ3n) is 6.09. The van der Waals surface area contributed by atoms with Crippen LogP contribution in [-0.2, 0) is 13.0 Å². The second-order valence-electron chi connectivity index (χ2n) is 8.40. The van der Waals surface area contributed by atoms with Gasteiger partial charge in [0.15, 0.2) is 11.5 Å². The topological polar surface area (TPSA) is 61.1 Å². The molecule has 4 aromatic rings. The minimum Gasteiger partial charge on any atom is -0.493 e. The summed E-state index contributed by atoms with van der Waals surface area (Å²) in [5.74, 6) is 2.34. The Kier molecular flexibility index (Phi) is 6.23. The van der Waals surface area contributed by atoms with Crippen LogP contribution in [0.1, 0.15) is 23.3 Å².